The quantitative estimate of drug-likeness (QED) is 0.860. The molecule has 0 aliphatic rings. The molecule has 1 atom stereocenters. The zero-order valence-corrected chi connectivity index (χ0v) is 11.6. The molecule has 1 aromatic carbocycles. The van der Waals surface area contributed by atoms with Crippen molar-refractivity contribution in [3.63, 3.8) is 0 Å². The number of carboxylic acid groups (broad SMARTS) is 1. The second kappa shape index (κ2) is 5.41. The second-order valence-electron chi connectivity index (χ2n) is 4.44. The Morgan fingerprint density at radius 2 is 2.15 bits per heavy atom. The minimum atomic E-state index is -2.57. The minimum Gasteiger partial charge on any atom is -0.478 e. The van der Waals surface area contributed by atoms with Crippen LogP contribution < -0.4 is 0 Å². The number of nitrogens with zero attached hydrogens (tertiary/aromatic N) is 3. The molecule has 2 rings (SSSR count). The van der Waals surface area contributed by atoms with E-state index in [0.29, 0.717) is 17.8 Å². The first kappa shape index (κ1) is 14.2. The number of carboxylic acids is 1. The molecule has 0 amide bonds. The Hall–Kier alpha value is -2.22. The molecule has 0 radical (unpaired) electrons. The molecule has 0 fully saturated rings. The summed E-state index contributed by atoms with van der Waals surface area (Å²) in [6.07, 6.45) is 3.33. The van der Waals surface area contributed by atoms with Crippen molar-refractivity contribution >= 4 is 15.7 Å². The molecule has 0 aliphatic carbocycles. The predicted octanol–water partition coefficient (Wildman–Crippen LogP) is 1.18. The fourth-order valence-electron chi connectivity index (χ4n) is 1.68. The molecule has 1 unspecified atom stereocenters. The number of para-hydroxylation sites is 1. The summed E-state index contributed by atoms with van der Waals surface area (Å²) < 4.78 is 20.0. The molecular formula is C12H14N4O3S. The van der Waals surface area contributed by atoms with Crippen LogP contribution in [0.3, 0.4) is 0 Å². The largest absolute Gasteiger partial charge is 0.478 e. The van der Waals surface area contributed by atoms with Crippen LogP contribution in [0.2, 0.25) is 0 Å². The number of rotatable bonds is 5. The Balaban J connectivity index is 2.27. The highest BCUT2D eigenvalue weighted by Crippen LogP contribution is 2.13. The van der Waals surface area contributed by atoms with Gasteiger partial charge in [0.1, 0.15) is 0 Å². The van der Waals surface area contributed by atoms with Crippen LogP contribution in [0.1, 0.15) is 16.1 Å². The zero-order chi connectivity index (χ0) is 14.8. The molecule has 20 heavy (non-hydrogen) atoms. The van der Waals surface area contributed by atoms with Gasteiger partial charge < -0.3 is 5.11 Å². The average molecular weight is 294 g/mol. The smallest absolute Gasteiger partial charge is 0.337 e. The number of nitrogens with one attached hydrogen (secondary N) is 1. The molecule has 0 bridgehead atoms. The SMILES string of the molecule is CS(=N)(=O)CCc1cn(-c2ccccc2C(=O)O)nn1. The first-order chi connectivity index (χ1) is 9.37. The number of hydrogen-bond acceptors (Lipinski definition) is 5. The molecular weight excluding hydrogens is 280 g/mol. The van der Waals surface area contributed by atoms with Gasteiger partial charge in [-0.3, -0.25) is 8.99 Å². The maximum absolute atomic E-state index is 11.3. The van der Waals surface area contributed by atoms with E-state index in [-0.39, 0.29) is 11.3 Å². The molecule has 2 aromatic rings. The monoisotopic (exact) mass is 294 g/mol. The normalized spacial score (nSPS) is 13.8. The van der Waals surface area contributed by atoms with Crippen LogP contribution in [0, 0.1) is 4.78 Å². The first-order valence-electron chi connectivity index (χ1n) is 5.82. The topological polar surface area (TPSA) is 109 Å². The Kier molecular flexibility index (Phi) is 3.84. The number of aromatic carboxylic acids is 1. The third kappa shape index (κ3) is 3.41. The lowest BCUT2D eigenvalue weighted by molar-refractivity contribution is 0.0696. The van der Waals surface area contributed by atoms with Crippen LogP contribution >= 0.6 is 0 Å². The highest BCUT2D eigenvalue weighted by atomic mass is 32.2. The number of hydrogen-bond donors (Lipinski definition) is 2. The molecule has 7 nitrogen and oxygen atoms in total. The maximum atomic E-state index is 11.3. The fraction of sp³-hybridized carbons (Fsp3) is 0.250. The van der Waals surface area contributed by atoms with Gasteiger partial charge in [0.2, 0.25) is 0 Å². The van der Waals surface area contributed by atoms with E-state index in [1.165, 1.54) is 17.0 Å². The van der Waals surface area contributed by atoms with Gasteiger partial charge in [0.25, 0.3) is 0 Å². The molecule has 1 heterocycles. The molecule has 0 aliphatic heterocycles. The van der Waals surface area contributed by atoms with Gasteiger partial charge in [-0.25, -0.2) is 9.48 Å². The molecule has 8 heteroatoms. The number of carbonyl (C=O) groups is 1. The lowest BCUT2D eigenvalue weighted by Crippen LogP contribution is -2.05. The van der Waals surface area contributed by atoms with Gasteiger partial charge in [0.15, 0.2) is 0 Å². The molecule has 0 saturated heterocycles. The van der Waals surface area contributed by atoms with Crippen molar-refractivity contribution in [1.29, 1.82) is 4.78 Å². The molecule has 106 valence electrons. The molecule has 0 spiro atoms. The molecule has 0 saturated carbocycles. The maximum Gasteiger partial charge on any atom is 0.337 e. The van der Waals surface area contributed by atoms with E-state index in [4.69, 9.17) is 9.89 Å². The fourth-order valence-corrected chi connectivity index (χ4v) is 2.28. The van der Waals surface area contributed by atoms with Gasteiger partial charge in [0.05, 0.1) is 23.1 Å². The summed E-state index contributed by atoms with van der Waals surface area (Å²) in [5, 5.41) is 16.9. The number of benzene rings is 1. The van der Waals surface area contributed by atoms with Crippen LogP contribution in [0.25, 0.3) is 5.69 Å². The summed E-state index contributed by atoms with van der Waals surface area (Å²) in [5.41, 5.74) is 1.12. The summed E-state index contributed by atoms with van der Waals surface area (Å²) in [6.45, 7) is 0. The van der Waals surface area contributed by atoms with Crippen LogP contribution in [0.5, 0.6) is 0 Å². The summed E-state index contributed by atoms with van der Waals surface area (Å²) in [4.78, 5) is 11.1. The lowest BCUT2D eigenvalue weighted by atomic mass is 10.2. The predicted molar refractivity (Wildman–Crippen MR) is 73.7 cm³/mol. The van der Waals surface area contributed by atoms with Crippen LogP contribution in [0.4, 0.5) is 0 Å². The zero-order valence-electron chi connectivity index (χ0n) is 10.8. The summed E-state index contributed by atoms with van der Waals surface area (Å²) >= 11 is 0. The summed E-state index contributed by atoms with van der Waals surface area (Å²) in [6, 6.07) is 6.47. The second-order valence-corrected chi connectivity index (χ2v) is 6.85. The van der Waals surface area contributed by atoms with Gasteiger partial charge in [0, 0.05) is 28.2 Å². The highest BCUT2D eigenvalue weighted by molar-refractivity contribution is 7.91. The average Bonchev–Trinajstić information content (AvgIpc) is 2.84. The van der Waals surface area contributed by atoms with E-state index in [2.05, 4.69) is 10.3 Å². The Morgan fingerprint density at radius 1 is 1.45 bits per heavy atom. The van der Waals surface area contributed by atoms with Crippen molar-refractivity contribution in [3.8, 4) is 5.69 Å². The molecule has 1 aromatic heterocycles. The van der Waals surface area contributed by atoms with E-state index in [1.54, 1.807) is 24.4 Å². The third-order valence-corrected chi connectivity index (χ3v) is 3.65. The summed E-state index contributed by atoms with van der Waals surface area (Å²) in [5.74, 6) is -0.841. The van der Waals surface area contributed by atoms with E-state index in [0.717, 1.165) is 0 Å². The Bertz CT molecular complexity index is 737. The Morgan fingerprint density at radius 3 is 2.80 bits per heavy atom. The van der Waals surface area contributed by atoms with Crippen molar-refractivity contribution in [2.75, 3.05) is 12.0 Å². The standard InChI is InChI=1S/C12H14N4O3S/c1-20(13,19)7-6-9-8-16(15-14-9)11-5-3-2-4-10(11)12(17)18/h2-5,8,13H,6-7H2,1H3,(H,17,18). The van der Waals surface area contributed by atoms with Crippen molar-refractivity contribution < 1.29 is 14.1 Å². The van der Waals surface area contributed by atoms with Crippen LogP contribution in [-0.4, -0.2) is 42.3 Å². The molecule has 2 N–H and O–H groups in total. The van der Waals surface area contributed by atoms with Gasteiger partial charge in [-0.15, -0.1) is 5.10 Å². The van der Waals surface area contributed by atoms with Gasteiger partial charge in [-0.1, -0.05) is 17.3 Å². The van der Waals surface area contributed by atoms with E-state index < -0.39 is 15.7 Å². The minimum absolute atomic E-state index is 0.128. The van der Waals surface area contributed by atoms with Gasteiger partial charge >= 0.3 is 5.97 Å². The van der Waals surface area contributed by atoms with E-state index in [1.807, 2.05) is 0 Å². The van der Waals surface area contributed by atoms with Crippen molar-refractivity contribution in [2.45, 2.75) is 6.42 Å². The van der Waals surface area contributed by atoms with Crippen molar-refractivity contribution in [3.05, 3.63) is 41.7 Å². The van der Waals surface area contributed by atoms with E-state index in [9.17, 15) is 9.00 Å². The van der Waals surface area contributed by atoms with Crippen molar-refractivity contribution in [1.82, 2.24) is 15.0 Å². The highest BCUT2D eigenvalue weighted by Gasteiger charge is 2.12. The van der Waals surface area contributed by atoms with Crippen molar-refractivity contribution in [2.24, 2.45) is 0 Å². The van der Waals surface area contributed by atoms with Crippen LogP contribution in [-0.2, 0) is 16.1 Å². The van der Waals surface area contributed by atoms with Crippen LogP contribution in [0.15, 0.2) is 30.5 Å². The lowest BCUT2D eigenvalue weighted by Gasteiger charge is -2.03. The number of aryl methyl sites for hydroxylation is 1. The summed E-state index contributed by atoms with van der Waals surface area (Å²) in [7, 11) is -2.57. The van der Waals surface area contributed by atoms with Gasteiger partial charge in [-0.05, 0) is 12.1 Å². The van der Waals surface area contributed by atoms with E-state index >= 15 is 0 Å². The number of aromatic nitrogens is 3. The Labute approximate surface area is 116 Å². The van der Waals surface area contributed by atoms with Gasteiger partial charge in [-0.2, -0.15) is 0 Å². The third-order valence-electron chi connectivity index (χ3n) is 2.67. The first-order valence-corrected chi connectivity index (χ1v) is 7.96.